The van der Waals surface area contributed by atoms with Crippen LogP contribution in [0, 0.1) is 5.41 Å². The SMILES string of the molecule is O=C(O)[C@@]1(CO)[C@H](c2ccc3c(c2)OCO3)[C@@H]1S(=O)(=O)c1ccc(Cl)cc1. The average Bonchev–Trinajstić information content (AvgIpc) is 3.15. The number of aliphatic hydroxyl groups excluding tert-OH is 1. The van der Waals surface area contributed by atoms with Crippen LogP contribution in [0.15, 0.2) is 47.4 Å². The van der Waals surface area contributed by atoms with Gasteiger partial charge < -0.3 is 19.7 Å². The highest BCUT2D eigenvalue weighted by molar-refractivity contribution is 7.92. The van der Waals surface area contributed by atoms with Gasteiger partial charge in [0.25, 0.3) is 0 Å². The molecule has 0 amide bonds. The number of hydrogen-bond donors (Lipinski definition) is 2. The molecule has 4 rings (SSSR count). The molecular formula is C18H15ClO7S. The van der Waals surface area contributed by atoms with E-state index in [0.29, 0.717) is 22.1 Å². The standard InChI is InChI=1S/C18H15ClO7S/c19-11-2-4-12(5-3-11)27(23,24)16-15(18(16,8-20)17(21)22)10-1-6-13-14(7-10)26-9-25-13/h1-7,15-16,20H,8-9H2,(H,21,22)/t15-,16+,18+/m1/s1. The maximum atomic E-state index is 13.1. The van der Waals surface area contributed by atoms with Gasteiger partial charge in [0.2, 0.25) is 6.79 Å². The molecule has 2 N–H and O–H groups in total. The van der Waals surface area contributed by atoms with E-state index >= 15 is 0 Å². The first-order valence-corrected chi connectivity index (χ1v) is 9.98. The van der Waals surface area contributed by atoms with E-state index in [2.05, 4.69) is 0 Å². The number of aliphatic hydroxyl groups is 1. The van der Waals surface area contributed by atoms with E-state index in [-0.39, 0.29) is 11.7 Å². The van der Waals surface area contributed by atoms with Gasteiger partial charge in [-0.05, 0) is 42.0 Å². The van der Waals surface area contributed by atoms with Crippen molar-refractivity contribution in [3.63, 3.8) is 0 Å². The van der Waals surface area contributed by atoms with Crippen LogP contribution in [0.4, 0.5) is 0 Å². The predicted molar refractivity (Wildman–Crippen MR) is 94.9 cm³/mol. The lowest BCUT2D eigenvalue weighted by molar-refractivity contribution is -0.145. The lowest BCUT2D eigenvalue weighted by atomic mass is 10.00. The van der Waals surface area contributed by atoms with Gasteiger partial charge >= 0.3 is 5.97 Å². The van der Waals surface area contributed by atoms with Crippen molar-refractivity contribution in [2.75, 3.05) is 13.4 Å². The molecule has 1 heterocycles. The Balaban J connectivity index is 1.80. The van der Waals surface area contributed by atoms with Crippen LogP contribution in [0.3, 0.4) is 0 Å². The highest BCUT2D eigenvalue weighted by Gasteiger charge is 2.75. The molecule has 7 nitrogen and oxygen atoms in total. The second-order valence-electron chi connectivity index (χ2n) is 6.51. The molecule has 3 atom stereocenters. The summed E-state index contributed by atoms with van der Waals surface area (Å²) in [5.74, 6) is -1.37. The Kier molecular flexibility index (Phi) is 4.10. The van der Waals surface area contributed by atoms with Crippen molar-refractivity contribution < 1.29 is 32.9 Å². The minimum absolute atomic E-state index is 0.0417. The number of rotatable bonds is 5. The number of ether oxygens (including phenoxy) is 2. The van der Waals surface area contributed by atoms with Crippen LogP contribution in [0.25, 0.3) is 0 Å². The fraction of sp³-hybridized carbons (Fsp3) is 0.278. The summed E-state index contributed by atoms with van der Waals surface area (Å²) in [4.78, 5) is 11.9. The third kappa shape index (κ3) is 2.59. The summed E-state index contributed by atoms with van der Waals surface area (Å²) >= 11 is 5.81. The normalized spacial score (nSPS) is 26.0. The highest BCUT2D eigenvalue weighted by Crippen LogP contribution is 2.64. The molecule has 0 aromatic heterocycles. The smallest absolute Gasteiger partial charge is 0.314 e. The number of benzene rings is 2. The highest BCUT2D eigenvalue weighted by atomic mass is 35.5. The summed E-state index contributed by atoms with van der Waals surface area (Å²) in [6.07, 6.45) is 0. The molecule has 2 aliphatic rings. The van der Waals surface area contributed by atoms with E-state index in [0.717, 1.165) is 0 Å². The van der Waals surface area contributed by atoms with Gasteiger partial charge in [0, 0.05) is 10.9 Å². The van der Waals surface area contributed by atoms with E-state index in [1.807, 2.05) is 0 Å². The molecule has 1 fully saturated rings. The second-order valence-corrected chi connectivity index (χ2v) is 9.02. The molecule has 1 aliphatic heterocycles. The van der Waals surface area contributed by atoms with Crippen LogP contribution in [-0.4, -0.2) is 43.2 Å². The largest absolute Gasteiger partial charge is 0.481 e. The van der Waals surface area contributed by atoms with Gasteiger partial charge in [-0.1, -0.05) is 17.7 Å². The third-order valence-corrected chi connectivity index (χ3v) is 7.69. The van der Waals surface area contributed by atoms with Gasteiger partial charge in [0.05, 0.1) is 16.8 Å². The average molecular weight is 411 g/mol. The Morgan fingerprint density at radius 3 is 2.44 bits per heavy atom. The van der Waals surface area contributed by atoms with E-state index in [9.17, 15) is 23.4 Å². The summed E-state index contributed by atoms with van der Waals surface area (Å²) in [5, 5.41) is 18.7. The quantitative estimate of drug-likeness (QED) is 0.776. The number of carboxylic acid groups (broad SMARTS) is 1. The molecule has 9 heteroatoms. The Morgan fingerprint density at radius 2 is 1.81 bits per heavy atom. The van der Waals surface area contributed by atoms with Gasteiger partial charge in [-0.15, -0.1) is 0 Å². The van der Waals surface area contributed by atoms with Crippen molar-refractivity contribution in [1.82, 2.24) is 0 Å². The van der Waals surface area contributed by atoms with Crippen LogP contribution in [-0.2, 0) is 14.6 Å². The first-order valence-electron chi connectivity index (χ1n) is 8.05. The Morgan fingerprint density at radius 1 is 1.15 bits per heavy atom. The molecule has 0 saturated heterocycles. The number of carbonyl (C=O) groups is 1. The lowest BCUT2D eigenvalue weighted by Gasteiger charge is -2.09. The molecule has 1 aliphatic carbocycles. The number of fused-ring (bicyclic) bond motifs is 1. The Hall–Kier alpha value is -2.29. The number of sulfone groups is 1. The van der Waals surface area contributed by atoms with E-state index in [1.54, 1.807) is 18.2 Å². The van der Waals surface area contributed by atoms with E-state index in [1.165, 1.54) is 24.3 Å². The molecule has 2 aromatic rings. The lowest BCUT2D eigenvalue weighted by Crippen LogP contribution is -2.27. The summed E-state index contributed by atoms with van der Waals surface area (Å²) in [6, 6.07) is 10.3. The molecule has 1 saturated carbocycles. The van der Waals surface area contributed by atoms with Crippen molar-refractivity contribution >= 4 is 27.4 Å². The zero-order valence-electron chi connectivity index (χ0n) is 13.8. The van der Waals surface area contributed by atoms with Crippen molar-refractivity contribution in [1.29, 1.82) is 0 Å². The number of halogens is 1. The zero-order valence-corrected chi connectivity index (χ0v) is 15.4. The second kappa shape index (κ2) is 6.12. The fourth-order valence-corrected chi connectivity index (χ4v) is 6.21. The third-order valence-electron chi connectivity index (χ3n) is 5.15. The fourth-order valence-electron chi connectivity index (χ4n) is 3.72. The van der Waals surface area contributed by atoms with Crippen LogP contribution < -0.4 is 9.47 Å². The predicted octanol–water partition coefficient (Wildman–Crippen LogP) is 2.07. The first kappa shape index (κ1) is 18.1. The molecule has 0 unspecified atom stereocenters. The minimum atomic E-state index is -4.03. The maximum absolute atomic E-state index is 13.1. The monoisotopic (exact) mass is 410 g/mol. The van der Waals surface area contributed by atoms with Gasteiger partial charge in [0.15, 0.2) is 21.3 Å². The molecule has 0 bridgehead atoms. The molecule has 0 radical (unpaired) electrons. The van der Waals surface area contributed by atoms with Crippen LogP contribution in [0.1, 0.15) is 11.5 Å². The van der Waals surface area contributed by atoms with Gasteiger partial charge in [-0.3, -0.25) is 4.79 Å². The van der Waals surface area contributed by atoms with Gasteiger partial charge in [-0.25, -0.2) is 8.42 Å². The molecule has 0 spiro atoms. The van der Waals surface area contributed by atoms with Gasteiger partial charge in [-0.2, -0.15) is 0 Å². The summed E-state index contributed by atoms with van der Waals surface area (Å²) in [7, 11) is -4.03. The topological polar surface area (TPSA) is 110 Å². The van der Waals surface area contributed by atoms with Crippen molar-refractivity contribution in [2.45, 2.75) is 16.1 Å². The number of carboxylic acids is 1. The van der Waals surface area contributed by atoms with E-state index in [4.69, 9.17) is 21.1 Å². The molecule has 2 aromatic carbocycles. The summed E-state index contributed by atoms with van der Waals surface area (Å²) in [5.41, 5.74) is -1.37. The number of aliphatic carboxylic acids is 1. The van der Waals surface area contributed by atoms with Crippen molar-refractivity contribution in [3.8, 4) is 11.5 Å². The summed E-state index contributed by atoms with van der Waals surface area (Å²) < 4.78 is 36.8. The zero-order chi connectivity index (χ0) is 19.4. The Labute approximate surface area is 160 Å². The number of hydrogen-bond acceptors (Lipinski definition) is 6. The maximum Gasteiger partial charge on any atom is 0.314 e. The Bertz CT molecular complexity index is 1020. The molecular weight excluding hydrogens is 396 g/mol. The first-order chi connectivity index (χ1) is 12.8. The summed E-state index contributed by atoms with van der Waals surface area (Å²) in [6.45, 7) is -0.765. The van der Waals surface area contributed by atoms with Crippen LogP contribution in [0.2, 0.25) is 5.02 Å². The van der Waals surface area contributed by atoms with Crippen LogP contribution >= 0.6 is 11.6 Å². The van der Waals surface area contributed by atoms with Crippen molar-refractivity contribution in [3.05, 3.63) is 53.1 Å². The van der Waals surface area contributed by atoms with Gasteiger partial charge in [0.1, 0.15) is 5.41 Å². The molecule has 142 valence electrons. The molecule has 27 heavy (non-hydrogen) atoms. The van der Waals surface area contributed by atoms with Crippen LogP contribution in [0.5, 0.6) is 11.5 Å². The minimum Gasteiger partial charge on any atom is -0.481 e. The van der Waals surface area contributed by atoms with Crippen molar-refractivity contribution in [2.24, 2.45) is 5.41 Å². The van der Waals surface area contributed by atoms with E-state index < -0.39 is 39.0 Å².